The van der Waals surface area contributed by atoms with Crippen molar-refractivity contribution in [1.29, 1.82) is 0 Å². The number of carbonyl (C=O) groups excluding carboxylic acids is 1. The summed E-state index contributed by atoms with van der Waals surface area (Å²) in [6.45, 7) is 5.37. The first-order valence-corrected chi connectivity index (χ1v) is 8.86. The van der Waals surface area contributed by atoms with Crippen LogP contribution >= 0.6 is 0 Å². The second-order valence-corrected chi connectivity index (χ2v) is 6.54. The first kappa shape index (κ1) is 17.3. The molecule has 0 N–H and O–H groups in total. The number of nitrogens with zero attached hydrogens (tertiary/aromatic N) is 6. The molecule has 0 saturated carbocycles. The number of hydrogen-bond acceptors (Lipinski definition) is 7. The first-order chi connectivity index (χ1) is 13.2. The highest BCUT2D eigenvalue weighted by Gasteiger charge is 2.24. The largest absolute Gasteiger partial charge is 0.338 e. The fraction of sp³-hybridized carbons (Fsp3) is 0.316. The highest BCUT2D eigenvalue weighted by Crippen LogP contribution is 2.17. The molecule has 0 spiro atoms. The molecular weight excluding hydrogens is 344 g/mol. The lowest BCUT2D eigenvalue weighted by Gasteiger charge is -2.33. The van der Waals surface area contributed by atoms with Crippen molar-refractivity contribution >= 4 is 5.91 Å². The average Bonchev–Trinajstić information content (AvgIpc) is 3.18. The number of aromatic nitrogens is 4. The summed E-state index contributed by atoms with van der Waals surface area (Å²) in [6.07, 6.45) is 4.59. The molecule has 1 amide bonds. The summed E-state index contributed by atoms with van der Waals surface area (Å²) in [5.41, 5.74) is 2.51. The lowest BCUT2D eigenvalue weighted by Crippen LogP contribution is -2.48. The van der Waals surface area contributed by atoms with Gasteiger partial charge in [-0.1, -0.05) is 35.0 Å². The topological polar surface area (TPSA) is 88.3 Å². The SMILES string of the molecule is Cc1ccc(-c2noc(CN3CCN(C(=O)c4cnccn4)CC3)n2)cc1. The normalized spacial score (nSPS) is 15.1. The van der Waals surface area contributed by atoms with E-state index in [9.17, 15) is 4.79 Å². The van der Waals surface area contributed by atoms with E-state index in [1.807, 2.05) is 31.2 Å². The van der Waals surface area contributed by atoms with Crippen LogP contribution in [0.1, 0.15) is 21.9 Å². The number of piperazine rings is 1. The Morgan fingerprint density at radius 2 is 1.89 bits per heavy atom. The van der Waals surface area contributed by atoms with Gasteiger partial charge in [0.05, 0.1) is 12.7 Å². The van der Waals surface area contributed by atoms with E-state index in [0.717, 1.165) is 18.7 Å². The summed E-state index contributed by atoms with van der Waals surface area (Å²) in [5, 5.41) is 4.07. The zero-order valence-corrected chi connectivity index (χ0v) is 15.1. The Morgan fingerprint density at radius 3 is 2.59 bits per heavy atom. The summed E-state index contributed by atoms with van der Waals surface area (Å²) in [7, 11) is 0. The van der Waals surface area contributed by atoms with Crippen molar-refractivity contribution in [3.63, 3.8) is 0 Å². The number of benzene rings is 1. The molecule has 0 radical (unpaired) electrons. The quantitative estimate of drug-likeness (QED) is 0.697. The fourth-order valence-electron chi connectivity index (χ4n) is 3.01. The second-order valence-electron chi connectivity index (χ2n) is 6.54. The Labute approximate surface area is 156 Å². The number of amides is 1. The van der Waals surface area contributed by atoms with Gasteiger partial charge < -0.3 is 9.42 Å². The maximum Gasteiger partial charge on any atom is 0.274 e. The molecule has 3 aromatic rings. The van der Waals surface area contributed by atoms with Crippen molar-refractivity contribution in [1.82, 2.24) is 29.9 Å². The predicted molar refractivity (Wildman–Crippen MR) is 97.7 cm³/mol. The minimum atomic E-state index is -0.0813. The van der Waals surface area contributed by atoms with Gasteiger partial charge in [-0.2, -0.15) is 4.98 Å². The van der Waals surface area contributed by atoms with Crippen molar-refractivity contribution in [2.24, 2.45) is 0 Å². The molecule has 1 fully saturated rings. The molecule has 0 unspecified atom stereocenters. The van der Waals surface area contributed by atoms with E-state index in [0.29, 0.717) is 37.0 Å². The van der Waals surface area contributed by atoms with Crippen LogP contribution in [0, 0.1) is 6.92 Å². The smallest absolute Gasteiger partial charge is 0.274 e. The third-order valence-electron chi connectivity index (χ3n) is 4.58. The van der Waals surface area contributed by atoms with Crippen LogP contribution < -0.4 is 0 Å². The highest BCUT2D eigenvalue weighted by molar-refractivity contribution is 5.92. The molecule has 0 bridgehead atoms. The van der Waals surface area contributed by atoms with Crippen LogP contribution in [0.15, 0.2) is 47.4 Å². The molecule has 2 aromatic heterocycles. The Kier molecular flexibility index (Phi) is 4.88. The van der Waals surface area contributed by atoms with Gasteiger partial charge in [-0.05, 0) is 6.92 Å². The maximum absolute atomic E-state index is 12.4. The first-order valence-electron chi connectivity index (χ1n) is 8.86. The van der Waals surface area contributed by atoms with Gasteiger partial charge >= 0.3 is 0 Å². The molecule has 0 atom stereocenters. The lowest BCUT2D eigenvalue weighted by atomic mass is 10.1. The van der Waals surface area contributed by atoms with Crippen LogP contribution in [0.25, 0.3) is 11.4 Å². The average molecular weight is 364 g/mol. The molecule has 138 valence electrons. The van der Waals surface area contributed by atoms with Crippen molar-refractivity contribution < 1.29 is 9.32 Å². The molecule has 1 saturated heterocycles. The zero-order valence-electron chi connectivity index (χ0n) is 15.1. The summed E-state index contributed by atoms with van der Waals surface area (Å²) in [4.78, 5) is 28.9. The molecule has 1 aliphatic rings. The van der Waals surface area contributed by atoms with Crippen LogP contribution in [0.2, 0.25) is 0 Å². The van der Waals surface area contributed by atoms with Crippen LogP contribution in [-0.4, -0.2) is 62.0 Å². The van der Waals surface area contributed by atoms with Gasteiger partial charge in [-0.25, -0.2) is 4.98 Å². The Balaban J connectivity index is 1.33. The molecule has 0 aliphatic carbocycles. The van der Waals surface area contributed by atoms with Crippen molar-refractivity contribution in [3.05, 3.63) is 60.0 Å². The summed E-state index contributed by atoms with van der Waals surface area (Å²) in [6, 6.07) is 8.03. The zero-order chi connectivity index (χ0) is 18.6. The van der Waals surface area contributed by atoms with Crippen LogP contribution in [0.5, 0.6) is 0 Å². The van der Waals surface area contributed by atoms with Gasteiger partial charge in [-0.3, -0.25) is 14.7 Å². The molecule has 8 nitrogen and oxygen atoms in total. The minimum Gasteiger partial charge on any atom is -0.338 e. The number of carbonyl (C=O) groups is 1. The summed E-state index contributed by atoms with van der Waals surface area (Å²) in [5.74, 6) is 1.10. The second kappa shape index (κ2) is 7.63. The molecule has 1 aromatic carbocycles. The van der Waals surface area contributed by atoms with Gasteiger partial charge in [0.25, 0.3) is 5.91 Å². The van der Waals surface area contributed by atoms with Crippen molar-refractivity contribution in [2.75, 3.05) is 26.2 Å². The minimum absolute atomic E-state index is 0.0813. The van der Waals surface area contributed by atoms with E-state index in [-0.39, 0.29) is 5.91 Å². The van der Waals surface area contributed by atoms with E-state index in [2.05, 4.69) is 25.0 Å². The Hall–Kier alpha value is -3.13. The highest BCUT2D eigenvalue weighted by atomic mass is 16.5. The molecule has 3 heterocycles. The standard InChI is InChI=1S/C19H20N6O2/c1-14-2-4-15(5-3-14)18-22-17(27-23-18)13-24-8-10-25(11-9-24)19(26)16-12-20-6-7-21-16/h2-7,12H,8-11,13H2,1H3. The van der Waals surface area contributed by atoms with E-state index >= 15 is 0 Å². The number of aryl methyl sites for hydroxylation is 1. The van der Waals surface area contributed by atoms with E-state index in [4.69, 9.17) is 4.52 Å². The summed E-state index contributed by atoms with van der Waals surface area (Å²) < 4.78 is 5.39. The van der Waals surface area contributed by atoms with Crippen molar-refractivity contribution in [3.8, 4) is 11.4 Å². The fourth-order valence-corrected chi connectivity index (χ4v) is 3.01. The molecule has 4 rings (SSSR count). The summed E-state index contributed by atoms with van der Waals surface area (Å²) >= 11 is 0. The Bertz CT molecular complexity index is 901. The van der Waals surface area contributed by atoms with E-state index in [1.165, 1.54) is 18.0 Å². The van der Waals surface area contributed by atoms with Crippen molar-refractivity contribution in [2.45, 2.75) is 13.5 Å². The van der Waals surface area contributed by atoms with Gasteiger partial charge in [-0.15, -0.1) is 0 Å². The number of hydrogen-bond donors (Lipinski definition) is 0. The van der Waals surface area contributed by atoms with E-state index in [1.54, 1.807) is 11.1 Å². The third-order valence-corrected chi connectivity index (χ3v) is 4.58. The maximum atomic E-state index is 12.4. The number of rotatable bonds is 4. The molecule has 8 heteroatoms. The molecular formula is C19H20N6O2. The Morgan fingerprint density at radius 1 is 1.11 bits per heavy atom. The van der Waals surface area contributed by atoms with Gasteiger partial charge in [0.2, 0.25) is 11.7 Å². The monoisotopic (exact) mass is 364 g/mol. The van der Waals surface area contributed by atoms with Crippen LogP contribution in [0.4, 0.5) is 0 Å². The van der Waals surface area contributed by atoms with Gasteiger partial charge in [0.15, 0.2) is 0 Å². The molecule has 27 heavy (non-hydrogen) atoms. The van der Waals surface area contributed by atoms with Gasteiger partial charge in [0.1, 0.15) is 5.69 Å². The predicted octanol–water partition coefficient (Wildman–Crippen LogP) is 1.79. The van der Waals surface area contributed by atoms with Crippen LogP contribution in [-0.2, 0) is 6.54 Å². The van der Waals surface area contributed by atoms with Crippen LogP contribution in [0.3, 0.4) is 0 Å². The van der Waals surface area contributed by atoms with E-state index < -0.39 is 0 Å². The van der Waals surface area contributed by atoms with Gasteiger partial charge in [0, 0.05) is 44.1 Å². The molecule has 1 aliphatic heterocycles. The lowest BCUT2D eigenvalue weighted by molar-refractivity contribution is 0.0609. The third kappa shape index (κ3) is 4.01.